The van der Waals surface area contributed by atoms with Crippen molar-refractivity contribution in [1.29, 1.82) is 0 Å². The molecule has 2 aliphatic heterocycles. The monoisotopic (exact) mass is 370 g/mol. The molecule has 2 N–H and O–H groups in total. The van der Waals surface area contributed by atoms with Crippen molar-refractivity contribution in [1.82, 2.24) is 10.2 Å². The Bertz CT molecular complexity index is 659. The Hall–Kier alpha value is -1.29. The summed E-state index contributed by atoms with van der Waals surface area (Å²) in [5.74, 6) is 1.20. The molecule has 3 heterocycles. The Morgan fingerprint density at radius 1 is 1.57 bits per heavy atom. The normalized spacial score (nSPS) is 26.3. The molecule has 9 heteroatoms. The molecule has 2 aliphatic rings. The van der Waals surface area contributed by atoms with E-state index in [1.165, 1.54) is 11.2 Å². The first-order chi connectivity index (χ1) is 11.0. The second-order valence-electron chi connectivity index (χ2n) is 5.06. The number of carbonyl (C=O) groups is 2. The number of furan rings is 1. The van der Waals surface area contributed by atoms with Crippen LogP contribution in [0.2, 0.25) is 0 Å². The quantitative estimate of drug-likeness (QED) is 0.606. The van der Waals surface area contributed by atoms with Gasteiger partial charge in [-0.2, -0.15) is 11.8 Å². The predicted octanol–water partition coefficient (Wildman–Crippen LogP) is 1.07. The van der Waals surface area contributed by atoms with Gasteiger partial charge in [-0.15, -0.1) is 0 Å². The van der Waals surface area contributed by atoms with E-state index in [0.29, 0.717) is 26.5 Å². The number of rotatable bonds is 4. The van der Waals surface area contributed by atoms with E-state index in [0.717, 1.165) is 11.8 Å². The molecule has 6 nitrogen and oxygen atoms in total. The van der Waals surface area contributed by atoms with E-state index >= 15 is 0 Å². The van der Waals surface area contributed by atoms with E-state index in [1.807, 2.05) is 0 Å². The molecule has 3 rings (SSSR count). The molecular formula is C14H14N2O4S3. The number of aliphatic hydroxyl groups excluding tert-OH is 1. The first kappa shape index (κ1) is 16.6. The van der Waals surface area contributed by atoms with Gasteiger partial charge in [0.15, 0.2) is 0 Å². The zero-order valence-electron chi connectivity index (χ0n) is 11.9. The van der Waals surface area contributed by atoms with Crippen molar-refractivity contribution in [3.8, 4) is 0 Å². The molecule has 1 aromatic heterocycles. The van der Waals surface area contributed by atoms with Gasteiger partial charge in [0, 0.05) is 17.6 Å². The topological polar surface area (TPSA) is 82.8 Å². The van der Waals surface area contributed by atoms with E-state index in [4.69, 9.17) is 16.6 Å². The number of thioether (sulfide) groups is 2. The largest absolute Gasteiger partial charge is 0.465 e. The lowest BCUT2D eigenvalue weighted by Gasteiger charge is -2.18. The van der Waals surface area contributed by atoms with Crippen molar-refractivity contribution < 1.29 is 19.1 Å². The van der Waals surface area contributed by atoms with Crippen molar-refractivity contribution in [3.05, 3.63) is 29.1 Å². The fraction of sp³-hybridized carbons (Fsp3) is 0.357. The summed E-state index contributed by atoms with van der Waals surface area (Å²) in [6.07, 6.45) is 2.58. The first-order valence-corrected chi connectivity index (χ1v) is 9.26. The van der Waals surface area contributed by atoms with Crippen LogP contribution in [0.3, 0.4) is 0 Å². The summed E-state index contributed by atoms with van der Waals surface area (Å²) in [6, 6.07) is 3.19. The molecule has 2 amide bonds. The second kappa shape index (κ2) is 7.08. The summed E-state index contributed by atoms with van der Waals surface area (Å²) in [6.45, 7) is -0.145. The summed E-state index contributed by atoms with van der Waals surface area (Å²) >= 11 is 7.90. The van der Waals surface area contributed by atoms with Crippen molar-refractivity contribution in [2.75, 3.05) is 18.1 Å². The third kappa shape index (κ3) is 3.79. The van der Waals surface area contributed by atoms with Crippen molar-refractivity contribution in [3.63, 3.8) is 0 Å². The Morgan fingerprint density at radius 2 is 2.39 bits per heavy atom. The van der Waals surface area contributed by atoms with Crippen molar-refractivity contribution >= 4 is 58.0 Å². The number of thiocarbonyl (C=S) groups is 1. The van der Waals surface area contributed by atoms with Crippen LogP contribution in [-0.4, -0.2) is 56.3 Å². The van der Waals surface area contributed by atoms with Gasteiger partial charge in [0.05, 0.1) is 23.3 Å². The highest BCUT2D eigenvalue weighted by Crippen LogP contribution is 2.32. The Morgan fingerprint density at radius 3 is 3.04 bits per heavy atom. The molecule has 0 radical (unpaired) electrons. The lowest BCUT2D eigenvalue weighted by Crippen LogP contribution is -2.47. The highest BCUT2D eigenvalue weighted by molar-refractivity contribution is 8.26. The minimum absolute atomic E-state index is 0.145. The summed E-state index contributed by atoms with van der Waals surface area (Å²) in [4.78, 5) is 26.1. The molecule has 0 aliphatic carbocycles. The van der Waals surface area contributed by atoms with E-state index < -0.39 is 6.10 Å². The fourth-order valence-corrected chi connectivity index (χ4v) is 4.62. The summed E-state index contributed by atoms with van der Waals surface area (Å²) in [7, 11) is 0. The highest BCUT2D eigenvalue weighted by Gasteiger charge is 2.35. The number of hydrogen-bond donors (Lipinski definition) is 2. The average molecular weight is 370 g/mol. The minimum atomic E-state index is -0.547. The number of hydrogen-bond acceptors (Lipinski definition) is 7. The van der Waals surface area contributed by atoms with Crippen molar-refractivity contribution in [2.45, 2.75) is 12.1 Å². The first-order valence-electron chi connectivity index (χ1n) is 6.88. The minimum Gasteiger partial charge on any atom is -0.465 e. The van der Waals surface area contributed by atoms with Crippen LogP contribution in [0.5, 0.6) is 0 Å². The zero-order chi connectivity index (χ0) is 16.4. The number of aliphatic hydroxyl groups is 1. The van der Waals surface area contributed by atoms with E-state index in [-0.39, 0.29) is 24.4 Å². The molecule has 2 saturated heterocycles. The molecule has 23 heavy (non-hydrogen) atoms. The summed E-state index contributed by atoms with van der Waals surface area (Å²) in [5.41, 5.74) is 0. The molecule has 2 atom stereocenters. The van der Waals surface area contributed by atoms with Crippen LogP contribution >= 0.6 is 35.7 Å². The molecule has 0 saturated carbocycles. The third-order valence-electron chi connectivity index (χ3n) is 3.39. The highest BCUT2D eigenvalue weighted by atomic mass is 32.2. The van der Waals surface area contributed by atoms with Gasteiger partial charge in [-0.05, 0) is 12.1 Å². The summed E-state index contributed by atoms with van der Waals surface area (Å²) in [5, 5.41) is 12.5. The molecular weight excluding hydrogens is 356 g/mol. The van der Waals surface area contributed by atoms with Gasteiger partial charge in [-0.1, -0.05) is 24.0 Å². The van der Waals surface area contributed by atoms with Crippen LogP contribution in [0.4, 0.5) is 0 Å². The molecule has 0 aromatic carbocycles. The Kier molecular flexibility index (Phi) is 5.10. The second-order valence-corrected chi connectivity index (χ2v) is 7.81. The van der Waals surface area contributed by atoms with E-state index in [2.05, 4.69) is 5.32 Å². The maximum atomic E-state index is 12.4. The Labute approximate surface area is 146 Å². The van der Waals surface area contributed by atoms with Crippen LogP contribution < -0.4 is 5.32 Å². The number of amides is 2. The molecule has 1 aromatic rings. The molecule has 0 spiro atoms. The standard InChI is InChI=1S/C14H14N2O4S3/c17-10-7-22-6-9(10)15-12(18)5-16-13(19)11(23-14(16)21)4-8-2-1-3-20-8/h1-4,9-10,17H,5-7H2,(H,15,18)/b11-4-/t9-,10+/m1/s1. The SMILES string of the molecule is O=C(CN1C(=O)/C(=C/c2ccco2)SC1=S)N[C@@H]1CSC[C@@H]1O. The van der Waals surface area contributed by atoms with Gasteiger partial charge >= 0.3 is 0 Å². The summed E-state index contributed by atoms with van der Waals surface area (Å²) < 4.78 is 5.52. The number of nitrogens with zero attached hydrogens (tertiary/aromatic N) is 1. The van der Waals surface area contributed by atoms with Gasteiger partial charge in [-0.3, -0.25) is 14.5 Å². The lowest BCUT2D eigenvalue weighted by atomic mass is 10.2. The van der Waals surface area contributed by atoms with Gasteiger partial charge in [-0.25, -0.2) is 0 Å². The lowest BCUT2D eigenvalue weighted by molar-refractivity contribution is -0.129. The predicted molar refractivity (Wildman–Crippen MR) is 93.8 cm³/mol. The van der Waals surface area contributed by atoms with Crippen LogP contribution in [0.15, 0.2) is 27.7 Å². The molecule has 2 fully saturated rings. The maximum Gasteiger partial charge on any atom is 0.266 e. The van der Waals surface area contributed by atoms with Crippen LogP contribution in [0.1, 0.15) is 5.76 Å². The van der Waals surface area contributed by atoms with E-state index in [1.54, 1.807) is 30.0 Å². The van der Waals surface area contributed by atoms with Crippen LogP contribution in [0, 0.1) is 0 Å². The third-order valence-corrected chi connectivity index (χ3v) is 5.94. The Balaban J connectivity index is 1.62. The van der Waals surface area contributed by atoms with Gasteiger partial charge in [0.1, 0.15) is 16.6 Å². The van der Waals surface area contributed by atoms with E-state index in [9.17, 15) is 14.7 Å². The molecule has 0 unspecified atom stereocenters. The maximum absolute atomic E-state index is 12.4. The van der Waals surface area contributed by atoms with Crippen LogP contribution in [0.25, 0.3) is 6.08 Å². The van der Waals surface area contributed by atoms with Crippen molar-refractivity contribution in [2.24, 2.45) is 0 Å². The number of carbonyl (C=O) groups excluding carboxylic acids is 2. The molecule has 122 valence electrons. The van der Waals surface area contributed by atoms with Gasteiger partial charge in [0.2, 0.25) is 5.91 Å². The zero-order valence-corrected chi connectivity index (χ0v) is 14.4. The number of nitrogens with one attached hydrogen (secondary N) is 1. The van der Waals surface area contributed by atoms with Gasteiger partial charge in [0.25, 0.3) is 5.91 Å². The smallest absolute Gasteiger partial charge is 0.266 e. The van der Waals surface area contributed by atoms with Gasteiger partial charge < -0.3 is 14.8 Å². The molecule has 0 bridgehead atoms. The van der Waals surface area contributed by atoms with Crippen LogP contribution in [-0.2, 0) is 9.59 Å². The fourth-order valence-electron chi connectivity index (χ4n) is 2.22. The average Bonchev–Trinajstić information content (AvgIpc) is 3.20.